The molecule has 2 aliphatic rings. The molecule has 0 bridgehead atoms. The van der Waals surface area contributed by atoms with Crippen molar-refractivity contribution in [1.82, 2.24) is 5.32 Å². The predicted molar refractivity (Wildman–Crippen MR) is 62.3 cm³/mol. The first-order chi connectivity index (χ1) is 7.92. The van der Waals surface area contributed by atoms with E-state index in [-0.39, 0.29) is 18.7 Å². The molecule has 1 aliphatic heterocycles. The average Bonchev–Trinajstić information content (AvgIpc) is 2.21. The molecule has 0 radical (unpaired) electrons. The standard InChI is InChI=1S/C12H10BrF2NO/c13-7-1-2-8-9(3-7)11(6-16-10(8)17)4-12(14,15)5-11/h1-3H,4-6H2,(H,16,17). The SMILES string of the molecule is O=C1NCC2(CC(F)(F)C2)c2cc(Br)ccc21. The number of hydrogen-bond donors (Lipinski definition) is 1. The van der Waals surface area contributed by atoms with E-state index in [2.05, 4.69) is 21.2 Å². The van der Waals surface area contributed by atoms with Crippen molar-refractivity contribution in [3.8, 4) is 0 Å². The molecule has 1 N–H and O–H groups in total. The van der Waals surface area contributed by atoms with Gasteiger partial charge in [0, 0.05) is 34.8 Å². The Bertz CT molecular complexity index is 507. The van der Waals surface area contributed by atoms with Crippen molar-refractivity contribution in [3.05, 3.63) is 33.8 Å². The van der Waals surface area contributed by atoms with Gasteiger partial charge in [0.15, 0.2) is 0 Å². The zero-order chi connectivity index (χ0) is 12.3. The van der Waals surface area contributed by atoms with Crippen LogP contribution in [0.25, 0.3) is 0 Å². The predicted octanol–water partition coefficient (Wildman–Crippen LogP) is 2.86. The molecule has 0 aromatic heterocycles. The van der Waals surface area contributed by atoms with Crippen molar-refractivity contribution < 1.29 is 13.6 Å². The first-order valence-electron chi connectivity index (χ1n) is 5.38. The average molecular weight is 302 g/mol. The Morgan fingerprint density at radius 3 is 2.65 bits per heavy atom. The van der Waals surface area contributed by atoms with Crippen LogP contribution in [0.15, 0.2) is 22.7 Å². The van der Waals surface area contributed by atoms with E-state index in [1.165, 1.54) is 0 Å². The zero-order valence-corrected chi connectivity index (χ0v) is 10.5. The minimum absolute atomic E-state index is 0.173. The Labute approximate surface area is 106 Å². The summed E-state index contributed by atoms with van der Waals surface area (Å²) < 4.78 is 27.1. The maximum atomic E-state index is 13.1. The van der Waals surface area contributed by atoms with Gasteiger partial charge in [0.1, 0.15) is 0 Å². The van der Waals surface area contributed by atoms with E-state index < -0.39 is 11.3 Å². The van der Waals surface area contributed by atoms with E-state index in [9.17, 15) is 13.6 Å². The number of fused-ring (bicyclic) bond motifs is 2. The third-order valence-corrected chi connectivity index (χ3v) is 4.07. The summed E-state index contributed by atoms with van der Waals surface area (Å²) >= 11 is 3.32. The zero-order valence-electron chi connectivity index (χ0n) is 8.90. The monoisotopic (exact) mass is 301 g/mol. The summed E-state index contributed by atoms with van der Waals surface area (Å²) in [4.78, 5) is 11.7. The summed E-state index contributed by atoms with van der Waals surface area (Å²) in [5, 5.41) is 2.70. The van der Waals surface area contributed by atoms with Gasteiger partial charge in [-0.05, 0) is 23.8 Å². The summed E-state index contributed by atoms with van der Waals surface area (Å²) in [6.07, 6.45) is -0.354. The van der Waals surface area contributed by atoms with Gasteiger partial charge >= 0.3 is 0 Å². The third-order valence-electron chi connectivity index (χ3n) is 3.58. The third kappa shape index (κ3) is 1.59. The van der Waals surface area contributed by atoms with Crippen LogP contribution in [-0.4, -0.2) is 18.4 Å². The second-order valence-electron chi connectivity index (χ2n) is 4.86. The van der Waals surface area contributed by atoms with Gasteiger partial charge in [-0.2, -0.15) is 0 Å². The fourth-order valence-electron chi connectivity index (χ4n) is 2.85. The van der Waals surface area contributed by atoms with Crippen molar-refractivity contribution in [2.24, 2.45) is 0 Å². The van der Waals surface area contributed by atoms with E-state index in [4.69, 9.17) is 0 Å². The van der Waals surface area contributed by atoms with Crippen LogP contribution in [-0.2, 0) is 5.41 Å². The lowest BCUT2D eigenvalue weighted by Crippen LogP contribution is -2.58. The Hall–Kier alpha value is -0.970. The number of amides is 1. The highest BCUT2D eigenvalue weighted by Crippen LogP contribution is 2.55. The summed E-state index contributed by atoms with van der Waals surface area (Å²) in [5.74, 6) is -2.77. The van der Waals surface area contributed by atoms with Crippen LogP contribution in [0, 0.1) is 0 Å². The number of rotatable bonds is 0. The molecule has 0 atom stereocenters. The maximum absolute atomic E-state index is 13.1. The quantitative estimate of drug-likeness (QED) is 0.784. The summed E-state index contributed by atoms with van der Waals surface area (Å²) in [6.45, 7) is 0.310. The van der Waals surface area contributed by atoms with Crippen molar-refractivity contribution in [1.29, 1.82) is 0 Å². The first-order valence-corrected chi connectivity index (χ1v) is 6.17. The molecule has 5 heteroatoms. The fraction of sp³-hybridized carbons (Fsp3) is 0.417. The number of halogens is 3. The molecule has 1 aromatic carbocycles. The number of carbonyl (C=O) groups excluding carboxylic acids is 1. The Morgan fingerprint density at radius 1 is 1.29 bits per heavy atom. The topological polar surface area (TPSA) is 29.1 Å². The van der Waals surface area contributed by atoms with Crippen molar-refractivity contribution >= 4 is 21.8 Å². The van der Waals surface area contributed by atoms with Crippen LogP contribution in [0.5, 0.6) is 0 Å². The molecule has 3 rings (SSSR count). The van der Waals surface area contributed by atoms with Crippen molar-refractivity contribution in [3.63, 3.8) is 0 Å². The molecular weight excluding hydrogens is 292 g/mol. The van der Waals surface area contributed by atoms with Crippen LogP contribution >= 0.6 is 15.9 Å². The van der Waals surface area contributed by atoms with Gasteiger partial charge in [0.2, 0.25) is 5.92 Å². The van der Waals surface area contributed by atoms with Crippen LogP contribution in [0.2, 0.25) is 0 Å². The first kappa shape index (κ1) is 11.1. The molecule has 0 saturated heterocycles. The van der Waals surface area contributed by atoms with Gasteiger partial charge in [0.25, 0.3) is 5.91 Å². The maximum Gasteiger partial charge on any atom is 0.251 e. The van der Waals surface area contributed by atoms with Crippen LogP contribution in [0.1, 0.15) is 28.8 Å². The Balaban J connectivity index is 2.10. The van der Waals surface area contributed by atoms with Gasteiger partial charge in [-0.25, -0.2) is 8.78 Å². The van der Waals surface area contributed by atoms with E-state index in [1.54, 1.807) is 18.2 Å². The number of benzene rings is 1. The molecule has 0 unspecified atom stereocenters. The molecule has 1 heterocycles. The summed E-state index contributed by atoms with van der Waals surface area (Å²) in [5.41, 5.74) is 0.702. The molecule has 17 heavy (non-hydrogen) atoms. The molecular formula is C12H10BrF2NO. The normalized spacial score (nSPS) is 23.8. The Kier molecular flexibility index (Phi) is 2.15. The Morgan fingerprint density at radius 2 is 2.00 bits per heavy atom. The van der Waals surface area contributed by atoms with Gasteiger partial charge in [-0.3, -0.25) is 4.79 Å². The highest BCUT2D eigenvalue weighted by molar-refractivity contribution is 9.10. The highest BCUT2D eigenvalue weighted by atomic mass is 79.9. The lowest BCUT2D eigenvalue weighted by atomic mass is 9.60. The molecule has 1 amide bonds. The van der Waals surface area contributed by atoms with Gasteiger partial charge in [-0.1, -0.05) is 15.9 Å². The molecule has 1 fully saturated rings. The summed E-state index contributed by atoms with van der Waals surface area (Å²) in [6, 6.07) is 5.24. The molecule has 1 spiro atoms. The van der Waals surface area contributed by atoms with E-state index >= 15 is 0 Å². The van der Waals surface area contributed by atoms with Crippen LogP contribution in [0.4, 0.5) is 8.78 Å². The molecule has 2 nitrogen and oxygen atoms in total. The minimum atomic E-state index is -2.60. The molecule has 1 aliphatic carbocycles. The number of hydrogen-bond acceptors (Lipinski definition) is 1. The van der Waals surface area contributed by atoms with Crippen LogP contribution in [0.3, 0.4) is 0 Å². The largest absolute Gasteiger partial charge is 0.351 e. The van der Waals surface area contributed by atoms with Gasteiger partial charge in [0.05, 0.1) is 0 Å². The number of nitrogens with one attached hydrogen (secondary N) is 1. The molecule has 1 aromatic rings. The van der Waals surface area contributed by atoms with E-state index in [1.807, 2.05) is 0 Å². The van der Waals surface area contributed by atoms with Gasteiger partial charge < -0.3 is 5.32 Å². The second-order valence-corrected chi connectivity index (χ2v) is 5.78. The van der Waals surface area contributed by atoms with Crippen LogP contribution < -0.4 is 5.32 Å². The second kappa shape index (κ2) is 3.28. The number of carbonyl (C=O) groups is 1. The minimum Gasteiger partial charge on any atom is -0.351 e. The van der Waals surface area contributed by atoms with Crippen molar-refractivity contribution in [2.45, 2.75) is 24.2 Å². The molecule has 90 valence electrons. The van der Waals surface area contributed by atoms with Crippen molar-refractivity contribution in [2.75, 3.05) is 6.54 Å². The number of alkyl halides is 2. The van der Waals surface area contributed by atoms with E-state index in [0.29, 0.717) is 12.1 Å². The highest BCUT2D eigenvalue weighted by Gasteiger charge is 2.59. The fourth-order valence-corrected chi connectivity index (χ4v) is 3.21. The van der Waals surface area contributed by atoms with E-state index in [0.717, 1.165) is 10.0 Å². The lowest BCUT2D eigenvalue weighted by molar-refractivity contribution is -0.126. The summed E-state index contributed by atoms with van der Waals surface area (Å²) in [7, 11) is 0. The molecule has 1 saturated carbocycles. The lowest BCUT2D eigenvalue weighted by Gasteiger charge is -2.50. The smallest absolute Gasteiger partial charge is 0.251 e. The van der Waals surface area contributed by atoms with Gasteiger partial charge in [-0.15, -0.1) is 0 Å².